The lowest BCUT2D eigenvalue weighted by Gasteiger charge is -2.32. The first-order chi connectivity index (χ1) is 23.9. The first-order valence-electron chi connectivity index (χ1n) is 17.7. The summed E-state index contributed by atoms with van der Waals surface area (Å²) in [6.45, 7) is 15.5. The summed E-state index contributed by atoms with van der Waals surface area (Å²) in [5, 5.41) is 2.26. The van der Waals surface area contributed by atoms with Gasteiger partial charge < -0.3 is 9.31 Å². The number of allylic oxidation sites excluding steroid dienone is 4. The van der Waals surface area contributed by atoms with Crippen molar-refractivity contribution < 1.29 is 9.31 Å². The van der Waals surface area contributed by atoms with Gasteiger partial charge in [-0.1, -0.05) is 106 Å². The van der Waals surface area contributed by atoms with Crippen LogP contribution in [0.2, 0.25) is 0 Å². The summed E-state index contributed by atoms with van der Waals surface area (Å²) in [6.07, 6.45) is 5.74. The van der Waals surface area contributed by atoms with Crippen LogP contribution >= 0.6 is 0 Å². The van der Waals surface area contributed by atoms with Crippen LogP contribution in [0.1, 0.15) is 66.0 Å². The zero-order chi connectivity index (χ0) is 34.6. The molecule has 1 aliphatic heterocycles. The number of rotatable bonds is 4. The maximum Gasteiger partial charge on any atom is 0.494 e. The van der Waals surface area contributed by atoms with Gasteiger partial charge in [-0.05, 0) is 86.0 Å². The third-order valence-corrected chi connectivity index (χ3v) is 11.5. The van der Waals surface area contributed by atoms with E-state index in [4.69, 9.17) is 24.3 Å². The molecule has 3 aliphatic rings. The van der Waals surface area contributed by atoms with Gasteiger partial charge in [0.2, 0.25) is 5.95 Å². The second kappa shape index (κ2) is 10.8. The van der Waals surface area contributed by atoms with Gasteiger partial charge >= 0.3 is 7.12 Å². The quantitative estimate of drug-likeness (QED) is 0.177. The zero-order valence-electron chi connectivity index (χ0n) is 29.8. The summed E-state index contributed by atoms with van der Waals surface area (Å²) in [6, 6.07) is 31.7. The predicted octanol–water partition coefficient (Wildman–Crippen LogP) is 9.24. The number of hydrogen-bond acceptors (Lipinski definition) is 5. The molecule has 50 heavy (non-hydrogen) atoms. The monoisotopic (exact) mass is 656 g/mol. The standard InChI is InChI=1S/C43H41BN4O2/c1-26-15-14-20-30-31-24-33-32-23-29(44-49-42(4,5)43(6,7)50-44)21-22-35(32)48(36(33)25-34(31)41(2,3)37(26)30)40-46-38(27-16-10-8-11-17-27)45-39(47-40)28-18-12-9-13-19-28/h8-14,16-26H,15H2,1-7H3. The maximum absolute atomic E-state index is 6.54. The van der Waals surface area contributed by atoms with Crippen molar-refractivity contribution >= 4 is 40.0 Å². The molecule has 0 spiro atoms. The van der Waals surface area contributed by atoms with E-state index in [2.05, 4.69) is 120 Å². The Kier molecular flexibility index (Phi) is 6.75. The molecule has 0 bridgehead atoms. The molecule has 0 saturated carbocycles. The van der Waals surface area contributed by atoms with Gasteiger partial charge in [0.25, 0.3) is 0 Å². The molecule has 0 amide bonds. The lowest BCUT2D eigenvalue weighted by atomic mass is 9.74. The van der Waals surface area contributed by atoms with E-state index in [-0.39, 0.29) is 5.41 Å². The van der Waals surface area contributed by atoms with Crippen molar-refractivity contribution in [2.24, 2.45) is 5.92 Å². The molecule has 1 atom stereocenters. The van der Waals surface area contributed by atoms with Crippen molar-refractivity contribution in [1.29, 1.82) is 0 Å². The Morgan fingerprint density at radius 1 is 0.700 bits per heavy atom. The SMILES string of the molecule is CC1CC=CC2=C1C(C)(C)c1cc3c(cc12)c1cc(B2OC(C)(C)C(C)(C)O2)ccc1n3-c1nc(-c2ccccc2)nc(-c2ccccc2)n1. The van der Waals surface area contributed by atoms with Crippen molar-refractivity contribution in [3.63, 3.8) is 0 Å². The smallest absolute Gasteiger partial charge is 0.399 e. The molecule has 3 heterocycles. The normalized spacial score (nSPS) is 20.1. The molecular formula is C43H41BN4O2. The van der Waals surface area contributed by atoms with E-state index < -0.39 is 18.3 Å². The van der Waals surface area contributed by atoms with Crippen molar-refractivity contribution in [3.05, 3.63) is 120 Å². The molecule has 7 heteroatoms. The molecule has 6 nitrogen and oxygen atoms in total. The summed E-state index contributed by atoms with van der Waals surface area (Å²) in [5.41, 5.74) is 9.52. The molecule has 9 rings (SSSR count). The van der Waals surface area contributed by atoms with Gasteiger partial charge in [-0.2, -0.15) is 9.97 Å². The van der Waals surface area contributed by atoms with Gasteiger partial charge in [0.05, 0.1) is 22.2 Å². The first-order valence-corrected chi connectivity index (χ1v) is 17.7. The van der Waals surface area contributed by atoms with Crippen LogP contribution in [0.25, 0.3) is 56.1 Å². The minimum absolute atomic E-state index is 0.109. The highest BCUT2D eigenvalue weighted by atomic mass is 16.7. The fourth-order valence-corrected chi connectivity index (χ4v) is 8.26. The molecule has 248 valence electrons. The molecule has 4 aromatic carbocycles. The van der Waals surface area contributed by atoms with Gasteiger partial charge in [-0.3, -0.25) is 4.57 Å². The number of nitrogens with zero attached hydrogens (tertiary/aromatic N) is 4. The Labute approximate surface area is 294 Å². The second-order valence-corrected chi connectivity index (χ2v) is 15.6. The Bertz CT molecular complexity index is 2330. The van der Waals surface area contributed by atoms with E-state index in [1.807, 2.05) is 36.4 Å². The lowest BCUT2D eigenvalue weighted by Crippen LogP contribution is -2.41. The number of benzene rings is 4. The summed E-state index contributed by atoms with van der Waals surface area (Å²) >= 11 is 0. The number of fused-ring (bicyclic) bond motifs is 5. The molecule has 6 aromatic rings. The van der Waals surface area contributed by atoms with Gasteiger partial charge in [-0.25, -0.2) is 4.98 Å². The van der Waals surface area contributed by atoms with Crippen molar-refractivity contribution in [3.8, 4) is 28.7 Å². The number of aromatic nitrogens is 4. The molecule has 0 N–H and O–H groups in total. The fraction of sp³-hybridized carbons (Fsp3) is 0.279. The lowest BCUT2D eigenvalue weighted by molar-refractivity contribution is 0.00578. The van der Waals surface area contributed by atoms with Crippen LogP contribution in [0.4, 0.5) is 0 Å². The topological polar surface area (TPSA) is 62.1 Å². The Hall–Kier alpha value is -4.85. The summed E-state index contributed by atoms with van der Waals surface area (Å²) < 4.78 is 15.3. The van der Waals surface area contributed by atoms with Crippen LogP contribution in [-0.4, -0.2) is 37.8 Å². The molecule has 1 saturated heterocycles. The highest BCUT2D eigenvalue weighted by Crippen LogP contribution is 2.53. The molecular weight excluding hydrogens is 615 g/mol. The van der Waals surface area contributed by atoms with Crippen LogP contribution in [0.15, 0.2) is 109 Å². The molecule has 0 radical (unpaired) electrons. The highest BCUT2D eigenvalue weighted by Gasteiger charge is 2.52. The van der Waals surface area contributed by atoms with E-state index in [9.17, 15) is 0 Å². The summed E-state index contributed by atoms with van der Waals surface area (Å²) in [7, 11) is -0.473. The summed E-state index contributed by atoms with van der Waals surface area (Å²) in [4.78, 5) is 15.4. The Morgan fingerprint density at radius 3 is 1.92 bits per heavy atom. The highest BCUT2D eigenvalue weighted by molar-refractivity contribution is 6.62. The van der Waals surface area contributed by atoms with Gasteiger partial charge in [0.1, 0.15) is 0 Å². The first kappa shape index (κ1) is 31.2. The van der Waals surface area contributed by atoms with Crippen molar-refractivity contribution in [1.82, 2.24) is 19.5 Å². The maximum atomic E-state index is 6.54. The molecule has 2 aliphatic carbocycles. The molecule has 1 unspecified atom stereocenters. The zero-order valence-corrected chi connectivity index (χ0v) is 29.8. The average Bonchev–Trinajstić information content (AvgIpc) is 3.64. The van der Waals surface area contributed by atoms with E-state index in [0.29, 0.717) is 23.5 Å². The van der Waals surface area contributed by atoms with Crippen LogP contribution in [-0.2, 0) is 14.7 Å². The fourth-order valence-electron chi connectivity index (χ4n) is 8.26. The van der Waals surface area contributed by atoms with E-state index in [1.165, 1.54) is 22.3 Å². The molecule has 2 aromatic heterocycles. The predicted molar refractivity (Wildman–Crippen MR) is 204 cm³/mol. The number of hydrogen-bond donors (Lipinski definition) is 0. The van der Waals surface area contributed by atoms with Crippen LogP contribution in [0.5, 0.6) is 0 Å². The van der Waals surface area contributed by atoms with Crippen molar-refractivity contribution in [2.75, 3.05) is 0 Å². The van der Waals surface area contributed by atoms with E-state index in [1.54, 1.807) is 0 Å². The van der Waals surface area contributed by atoms with Gasteiger partial charge in [0, 0.05) is 27.3 Å². The largest absolute Gasteiger partial charge is 0.494 e. The van der Waals surface area contributed by atoms with E-state index >= 15 is 0 Å². The minimum atomic E-state index is -0.473. The van der Waals surface area contributed by atoms with Crippen molar-refractivity contribution in [2.45, 2.75) is 71.5 Å². The van der Waals surface area contributed by atoms with Crippen LogP contribution < -0.4 is 5.46 Å². The Morgan fingerprint density at radius 2 is 1.30 bits per heavy atom. The van der Waals surface area contributed by atoms with Gasteiger partial charge in [0.15, 0.2) is 11.6 Å². The third kappa shape index (κ3) is 4.60. The molecule has 1 fully saturated rings. The van der Waals surface area contributed by atoms with Crippen LogP contribution in [0.3, 0.4) is 0 Å². The second-order valence-electron chi connectivity index (χ2n) is 15.6. The average molecular weight is 657 g/mol. The van der Waals surface area contributed by atoms with E-state index in [0.717, 1.165) is 44.8 Å². The van der Waals surface area contributed by atoms with Gasteiger partial charge in [-0.15, -0.1) is 0 Å². The third-order valence-electron chi connectivity index (χ3n) is 11.5. The minimum Gasteiger partial charge on any atom is -0.399 e. The Balaban J connectivity index is 1.34. The van der Waals surface area contributed by atoms with Crippen LogP contribution in [0, 0.1) is 5.92 Å². The summed E-state index contributed by atoms with van der Waals surface area (Å²) in [5.74, 6) is 2.34.